The number of carbonyl (C=O) groups is 1. The molecule has 1 heterocycles. The van der Waals surface area contributed by atoms with Gasteiger partial charge >= 0.3 is 6.61 Å². The highest BCUT2D eigenvalue weighted by Crippen LogP contribution is 2.33. The molecule has 1 aromatic carbocycles. The molecule has 1 aromatic heterocycles. The van der Waals surface area contributed by atoms with Crippen molar-refractivity contribution in [3.63, 3.8) is 0 Å². The Balaban J connectivity index is 2.05. The van der Waals surface area contributed by atoms with E-state index in [2.05, 4.69) is 15.0 Å². The van der Waals surface area contributed by atoms with Crippen LogP contribution in [0.4, 0.5) is 8.78 Å². The smallest absolute Gasteiger partial charge is 0.387 e. The largest absolute Gasteiger partial charge is 0.493 e. The lowest BCUT2D eigenvalue weighted by Crippen LogP contribution is -2.20. The van der Waals surface area contributed by atoms with Gasteiger partial charge in [0.1, 0.15) is 0 Å². The highest BCUT2D eigenvalue weighted by molar-refractivity contribution is 5.92. The van der Waals surface area contributed by atoms with E-state index in [-0.39, 0.29) is 18.0 Å². The van der Waals surface area contributed by atoms with E-state index in [4.69, 9.17) is 9.47 Å². The minimum absolute atomic E-state index is 0.132. The van der Waals surface area contributed by atoms with Crippen LogP contribution in [0.2, 0.25) is 0 Å². The van der Waals surface area contributed by atoms with E-state index >= 15 is 0 Å². The van der Waals surface area contributed by atoms with Gasteiger partial charge in [0.25, 0.3) is 0 Å². The fourth-order valence-corrected chi connectivity index (χ4v) is 2.13. The van der Waals surface area contributed by atoms with Crippen LogP contribution in [0.5, 0.6) is 17.4 Å². The number of hydrogen-bond acceptors (Lipinski definition) is 5. The zero-order chi connectivity index (χ0) is 18.9. The van der Waals surface area contributed by atoms with Crippen LogP contribution in [0, 0.1) is 0 Å². The fourth-order valence-electron chi connectivity index (χ4n) is 2.13. The number of pyridine rings is 1. The van der Waals surface area contributed by atoms with Crippen LogP contribution in [0.1, 0.15) is 11.1 Å². The van der Waals surface area contributed by atoms with Crippen molar-refractivity contribution < 1.29 is 27.8 Å². The van der Waals surface area contributed by atoms with E-state index in [1.165, 1.54) is 38.5 Å². The third-order valence-electron chi connectivity index (χ3n) is 3.33. The van der Waals surface area contributed by atoms with Crippen molar-refractivity contribution >= 4 is 12.0 Å². The maximum absolute atomic E-state index is 12.6. The molecule has 0 fully saturated rings. The summed E-state index contributed by atoms with van der Waals surface area (Å²) in [6.45, 7) is -2.74. The van der Waals surface area contributed by atoms with Gasteiger partial charge in [-0.1, -0.05) is 12.1 Å². The molecule has 26 heavy (non-hydrogen) atoms. The highest BCUT2D eigenvalue weighted by atomic mass is 19.3. The van der Waals surface area contributed by atoms with Crippen molar-refractivity contribution in [2.75, 3.05) is 14.2 Å². The van der Waals surface area contributed by atoms with Gasteiger partial charge in [-0.2, -0.15) is 8.78 Å². The number of carbonyl (C=O) groups excluding carboxylic acids is 1. The molecule has 2 aromatic rings. The Hall–Kier alpha value is -3.16. The van der Waals surface area contributed by atoms with E-state index in [1.807, 2.05) is 0 Å². The van der Waals surface area contributed by atoms with Gasteiger partial charge in [0, 0.05) is 30.4 Å². The molecule has 0 saturated heterocycles. The predicted octanol–water partition coefficient (Wildman–Crippen LogP) is 3.03. The van der Waals surface area contributed by atoms with E-state index < -0.39 is 12.5 Å². The predicted molar refractivity (Wildman–Crippen MR) is 91.3 cm³/mol. The minimum Gasteiger partial charge on any atom is -0.493 e. The fraction of sp³-hybridized carbons (Fsp3) is 0.222. The third-order valence-corrected chi connectivity index (χ3v) is 3.33. The first-order valence-electron chi connectivity index (χ1n) is 7.60. The lowest BCUT2D eigenvalue weighted by molar-refractivity contribution is -0.116. The Morgan fingerprint density at radius 1 is 1.27 bits per heavy atom. The quantitative estimate of drug-likeness (QED) is 0.729. The summed E-state index contributed by atoms with van der Waals surface area (Å²) in [5, 5.41) is 2.68. The van der Waals surface area contributed by atoms with Crippen LogP contribution in [-0.2, 0) is 11.3 Å². The van der Waals surface area contributed by atoms with Crippen molar-refractivity contribution in [2.24, 2.45) is 0 Å². The SMILES string of the molecule is COc1cc(CNC(=O)/C=C/c2cccc(OC)c2OC(F)F)ccn1. The van der Waals surface area contributed by atoms with Gasteiger partial charge in [-0.15, -0.1) is 0 Å². The molecule has 0 radical (unpaired) electrons. The van der Waals surface area contributed by atoms with Gasteiger partial charge in [0.15, 0.2) is 11.5 Å². The number of halogens is 2. The monoisotopic (exact) mass is 364 g/mol. The number of nitrogens with one attached hydrogen (secondary N) is 1. The average molecular weight is 364 g/mol. The lowest BCUT2D eigenvalue weighted by atomic mass is 10.1. The van der Waals surface area contributed by atoms with Crippen LogP contribution < -0.4 is 19.5 Å². The summed E-state index contributed by atoms with van der Waals surface area (Å²) in [6.07, 6.45) is 4.18. The van der Waals surface area contributed by atoms with Crippen molar-refractivity contribution in [2.45, 2.75) is 13.2 Å². The summed E-state index contributed by atoms with van der Waals surface area (Å²) < 4.78 is 39.7. The first-order chi connectivity index (χ1) is 12.5. The van der Waals surface area contributed by atoms with Gasteiger partial charge in [-0.25, -0.2) is 4.98 Å². The van der Waals surface area contributed by atoms with E-state index in [0.717, 1.165) is 5.56 Å². The topological polar surface area (TPSA) is 69.7 Å². The minimum atomic E-state index is -3.01. The van der Waals surface area contributed by atoms with Gasteiger partial charge in [-0.05, 0) is 23.8 Å². The standard InChI is InChI=1S/C18H18F2N2O4/c1-24-14-5-3-4-13(17(14)26-18(19)20)6-7-15(23)22-11-12-8-9-21-16(10-12)25-2/h3-10,18H,11H2,1-2H3,(H,22,23)/b7-6+. The van der Waals surface area contributed by atoms with Crippen molar-refractivity contribution in [1.29, 1.82) is 0 Å². The molecule has 0 bridgehead atoms. The number of ether oxygens (including phenoxy) is 3. The average Bonchev–Trinajstić information content (AvgIpc) is 2.65. The zero-order valence-electron chi connectivity index (χ0n) is 14.2. The summed E-state index contributed by atoms with van der Waals surface area (Å²) in [4.78, 5) is 15.9. The van der Waals surface area contributed by atoms with Gasteiger partial charge in [0.2, 0.25) is 11.8 Å². The molecule has 0 aliphatic carbocycles. The van der Waals surface area contributed by atoms with E-state index in [9.17, 15) is 13.6 Å². The van der Waals surface area contributed by atoms with Gasteiger partial charge in [0.05, 0.1) is 14.2 Å². The molecule has 6 nitrogen and oxygen atoms in total. The third kappa shape index (κ3) is 5.44. The number of benzene rings is 1. The van der Waals surface area contributed by atoms with Crippen LogP contribution in [-0.4, -0.2) is 31.7 Å². The summed E-state index contributed by atoms with van der Waals surface area (Å²) in [5.74, 6) is 0.0636. The summed E-state index contributed by atoms with van der Waals surface area (Å²) in [7, 11) is 2.84. The molecule has 0 atom stereocenters. The highest BCUT2D eigenvalue weighted by Gasteiger charge is 2.14. The van der Waals surface area contributed by atoms with Crippen molar-refractivity contribution in [1.82, 2.24) is 10.3 Å². The maximum atomic E-state index is 12.6. The number of para-hydroxylation sites is 1. The Morgan fingerprint density at radius 2 is 2.08 bits per heavy atom. The second-order valence-corrected chi connectivity index (χ2v) is 5.01. The first kappa shape index (κ1) is 19.2. The van der Waals surface area contributed by atoms with E-state index in [1.54, 1.807) is 24.4 Å². The van der Waals surface area contributed by atoms with Gasteiger partial charge < -0.3 is 19.5 Å². The molecule has 0 aliphatic rings. The summed E-state index contributed by atoms with van der Waals surface area (Å²) in [5.41, 5.74) is 1.10. The molecule has 0 saturated carbocycles. The molecule has 1 amide bonds. The molecule has 1 N–H and O–H groups in total. The molecule has 8 heteroatoms. The Labute approximate surface area is 149 Å². The molecular weight excluding hydrogens is 346 g/mol. The number of methoxy groups -OCH3 is 2. The van der Waals surface area contributed by atoms with Crippen LogP contribution in [0.25, 0.3) is 6.08 Å². The summed E-state index contributed by atoms with van der Waals surface area (Å²) in [6, 6.07) is 8.07. The second-order valence-electron chi connectivity index (χ2n) is 5.01. The molecule has 0 aliphatic heterocycles. The number of aromatic nitrogens is 1. The zero-order valence-corrected chi connectivity index (χ0v) is 14.2. The Bertz CT molecular complexity index is 782. The number of amides is 1. The molecular formula is C18H18F2N2O4. The number of rotatable bonds is 8. The van der Waals surface area contributed by atoms with Crippen LogP contribution in [0.15, 0.2) is 42.6 Å². The maximum Gasteiger partial charge on any atom is 0.387 e. The molecule has 2 rings (SSSR count). The summed E-state index contributed by atoms with van der Waals surface area (Å²) >= 11 is 0. The molecule has 0 spiro atoms. The number of hydrogen-bond donors (Lipinski definition) is 1. The van der Waals surface area contributed by atoms with Crippen LogP contribution >= 0.6 is 0 Å². The number of nitrogens with zero attached hydrogens (tertiary/aromatic N) is 1. The first-order valence-corrected chi connectivity index (χ1v) is 7.60. The Morgan fingerprint density at radius 3 is 2.77 bits per heavy atom. The second kappa shape index (κ2) is 9.36. The van der Waals surface area contributed by atoms with Crippen LogP contribution in [0.3, 0.4) is 0 Å². The van der Waals surface area contributed by atoms with Crippen molar-refractivity contribution in [3.8, 4) is 17.4 Å². The Kier molecular flexibility index (Phi) is 6.90. The van der Waals surface area contributed by atoms with Gasteiger partial charge in [-0.3, -0.25) is 4.79 Å². The molecule has 0 unspecified atom stereocenters. The van der Waals surface area contributed by atoms with E-state index in [0.29, 0.717) is 11.4 Å². The molecule has 138 valence electrons. The number of alkyl halides is 2. The lowest BCUT2D eigenvalue weighted by Gasteiger charge is -2.12. The van der Waals surface area contributed by atoms with Crippen molar-refractivity contribution in [3.05, 3.63) is 53.7 Å². The normalized spacial score (nSPS) is 10.8.